The molecule has 0 radical (unpaired) electrons. The number of hydrogen-bond donors (Lipinski definition) is 0. The highest BCUT2D eigenvalue weighted by Gasteiger charge is 2.39. The summed E-state index contributed by atoms with van der Waals surface area (Å²) >= 11 is 0. The van der Waals surface area contributed by atoms with Gasteiger partial charge < -0.3 is 54.3 Å². The second kappa shape index (κ2) is 28.5. The Labute approximate surface area is 512 Å². The summed E-state index contributed by atoms with van der Waals surface area (Å²) in [7, 11) is -17.3. The van der Waals surface area contributed by atoms with Gasteiger partial charge in [-0.05, 0) is 173 Å². The van der Waals surface area contributed by atoms with E-state index in [1.165, 1.54) is 24.3 Å². The Balaban J connectivity index is 0.000000213. The standard InChI is InChI=1S/C38H40O8P2.C30H24O8P2/c1-25-14-9-15-26(2)35(25)43-47(39,44-36-27(3)16-10-17-28(36)4)41-33-22-13-23-34(24-33)42-48(40,45-37-29(5)18-11-19-30(37)6)46-38-31(7)20-12-21-32(38)8;31-39(33-25-14-5-1-6-15-25,34-26-16-7-2-8-17-26)37-29-22-13-23-30(24-29)38-40(32,35-27-18-9-3-10-19-27)36-28-20-11-4-12-21-28/h9-24H,1-8H3;1-24H. The van der Waals surface area contributed by atoms with Gasteiger partial charge in [0.1, 0.15) is 69.0 Å². The summed E-state index contributed by atoms with van der Waals surface area (Å²) in [6.45, 7) is 14.8. The highest BCUT2D eigenvalue weighted by atomic mass is 31.2. The molecule has 0 aliphatic heterocycles. The second-order valence-electron chi connectivity index (χ2n) is 20.0. The van der Waals surface area contributed by atoms with E-state index in [-0.39, 0.29) is 46.0 Å². The first-order valence-electron chi connectivity index (χ1n) is 27.6. The van der Waals surface area contributed by atoms with Crippen LogP contribution in [0.2, 0.25) is 0 Å². The van der Waals surface area contributed by atoms with Crippen molar-refractivity contribution in [1.29, 1.82) is 0 Å². The van der Waals surface area contributed by atoms with Crippen LogP contribution in [0.3, 0.4) is 0 Å². The smallest absolute Gasteiger partial charge is 0.386 e. The van der Waals surface area contributed by atoms with Crippen molar-refractivity contribution in [2.45, 2.75) is 55.4 Å². The molecule has 0 aromatic heterocycles. The molecule has 0 aliphatic carbocycles. The first-order valence-corrected chi connectivity index (χ1v) is 33.5. The summed E-state index contributed by atoms with van der Waals surface area (Å²) < 4.78 is 127. The van der Waals surface area contributed by atoms with Gasteiger partial charge in [-0.3, -0.25) is 0 Å². The lowest BCUT2D eigenvalue weighted by Gasteiger charge is -2.24. The third kappa shape index (κ3) is 17.5. The molecule has 20 heteroatoms. The zero-order valence-electron chi connectivity index (χ0n) is 49.4. The van der Waals surface area contributed by atoms with Crippen LogP contribution in [0.5, 0.6) is 69.0 Å². The molecule has 0 bridgehead atoms. The van der Waals surface area contributed by atoms with Crippen LogP contribution in [0.15, 0.2) is 243 Å². The molecule has 10 aromatic carbocycles. The number of phosphoric ester groups is 4. The van der Waals surface area contributed by atoms with Crippen LogP contribution in [0.25, 0.3) is 0 Å². The fourth-order valence-corrected chi connectivity index (χ4v) is 14.1. The van der Waals surface area contributed by atoms with E-state index in [1.807, 2.05) is 128 Å². The average molecular weight is 1260 g/mol. The van der Waals surface area contributed by atoms with Crippen molar-refractivity contribution < 1.29 is 72.5 Å². The summed E-state index contributed by atoms with van der Waals surface area (Å²) in [5.41, 5.74) is 6.07. The summed E-state index contributed by atoms with van der Waals surface area (Å²) in [5.74, 6) is 2.96. The molecule has 0 amide bonds. The van der Waals surface area contributed by atoms with Crippen LogP contribution < -0.4 is 54.3 Å². The molecular formula is C68H64O16P4. The quantitative estimate of drug-likeness (QED) is 0.0521. The average Bonchev–Trinajstić information content (AvgIpc) is 2.22. The van der Waals surface area contributed by atoms with Gasteiger partial charge in [-0.25, -0.2) is 0 Å². The third-order valence-electron chi connectivity index (χ3n) is 12.8. The van der Waals surface area contributed by atoms with Crippen LogP contribution in [-0.4, -0.2) is 0 Å². The lowest BCUT2D eigenvalue weighted by atomic mass is 10.1. The van der Waals surface area contributed by atoms with E-state index >= 15 is 0 Å². The van der Waals surface area contributed by atoms with Gasteiger partial charge in [0, 0.05) is 12.1 Å². The van der Waals surface area contributed by atoms with E-state index in [4.69, 9.17) is 54.3 Å². The van der Waals surface area contributed by atoms with Crippen molar-refractivity contribution in [3.05, 3.63) is 287 Å². The Morgan fingerprint density at radius 3 is 0.523 bits per heavy atom. The molecule has 452 valence electrons. The van der Waals surface area contributed by atoms with E-state index in [2.05, 4.69) is 0 Å². The lowest BCUT2D eigenvalue weighted by molar-refractivity contribution is 0.290. The molecule has 0 fully saturated rings. The van der Waals surface area contributed by atoms with Crippen LogP contribution in [0.4, 0.5) is 0 Å². The number of rotatable bonds is 24. The summed E-state index contributed by atoms with van der Waals surface area (Å²) in [5, 5.41) is 0. The molecule has 0 saturated heterocycles. The maximum absolute atomic E-state index is 14.5. The topological polar surface area (TPSA) is 179 Å². The van der Waals surface area contributed by atoms with E-state index in [1.54, 1.807) is 146 Å². The van der Waals surface area contributed by atoms with Gasteiger partial charge in [0.15, 0.2) is 0 Å². The highest BCUT2D eigenvalue weighted by molar-refractivity contribution is 7.50. The first-order chi connectivity index (χ1) is 42.2. The van der Waals surface area contributed by atoms with Gasteiger partial charge in [-0.15, -0.1) is 0 Å². The SMILES string of the molecule is Cc1cccc(C)c1OP(=O)(Oc1cccc(OP(=O)(Oc2c(C)cccc2C)Oc2c(C)cccc2C)c1)Oc1c(C)cccc1C.O=P(Oc1ccccc1)(Oc1ccccc1)Oc1cccc(OP(=O)(Oc2ccccc2)Oc2ccccc2)c1. The normalized spacial score (nSPS) is 11.4. The number of hydrogen-bond acceptors (Lipinski definition) is 16. The minimum absolute atomic E-state index is 0.0682. The monoisotopic (exact) mass is 1260 g/mol. The third-order valence-corrected chi connectivity index (χ3v) is 17.9. The minimum Gasteiger partial charge on any atom is -0.386 e. The van der Waals surface area contributed by atoms with Gasteiger partial charge in [-0.2, -0.15) is 18.3 Å². The van der Waals surface area contributed by atoms with Crippen molar-refractivity contribution >= 4 is 31.3 Å². The Bertz CT molecular complexity index is 3640. The van der Waals surface area contributed by atoms with Gasteiger partial charge in [0.2, 0.25) is 0 Å². The highest BCUT2D eigenvalue weighted by Crippen LogP contribution is 2.57. The molecule has 0 atom stereocenters. The molecule has 16 nitrogen and oxygen atoms in total. The van der Waals surface area contributed by atoms with Crippen molar-refractivity contribution in [2.75, 3.05) is 0 Å². The Kier molecular flexibility index (Phi) is 20.5. The van der Waals surface area contributed by atoms with E-state index in [0.717, 1.165) is 44.5 Å². The van der Waals surface area contributed by atoms with E-state index in [9.17, 15) is 18.3 Å². The molecule has 10 aromatic rings. The Hall–Kier alpha value is -9.28. The molecule has 0 spiro atoms. The van der Waals surface area contributed by atoms with Crippen molar-refractivity contribution in [3.63, 3.8) is 0 Å². The fraction of sp³-hybridized carbons (Fsp3) is 0.118. The molecule has 0 unspecified atom stereocenters. The molecule has 88 heavy (non-hydrogen) atoms. The van der Waals surface area contributed by atoms with Gasteiger partial charge in [0.05, 0.1) is 0 Å². The van der Waals surface area contributed by atoms with Crippen molar-refractivity contribution in [1.82, 2.24) is 0 Å². The minimum atomic E-state index is -4.39. The number of para-hydroxylation sites is 8. The molecule has 10 rings (SSSR count). The summed E-state index contributed by atoms with van der Waals surface area (Å²) in [4.78, 5) is 0. The van der Waals surface area contributed by atoms with Crippen LogP contribution >= 0.6 is 31.3 Å². The maximum atomic E-state index is 14.5. The Morgan fingerprint density at radius 1 is 0.182 bits per heavy atom. The van der Waals surface area contributed by atoms with Gasteiger partial charge in [-0.1, -0.05) is 158 Å². The fourth-order valence-electron chi connectivity index (χ4n) is 8.58. The molecule has 0 aliphatic rings. The second-order valence-corrected chi connectivity index (χ2v) is 25.7. The summed E-state index contributed by atoms with van der Waals surface area (Å²) in [6, 6.07) is 68.6. The van der Waals surface area contributed by atoms with Gasteiger partial charge >= 0.3 is 31.3 Å². The Morgan fingerprint density at radius 2 is 0.330 bits per heavy atom. The predicted octanol–water partition coefficient (Wildman–Crippen LogP) is 20.4. The molecule has 0 heterocycles. The summed E-state index contributed by atoms with van der Waals surface area (Å²) in [6.07, 6.45) is 0. The van der Waals surface area contributed by atoms with Crippen molar-refractivity contribution in [3.8, 4) is 69.0 Å². The zero-order valence-corrected chi connectivity index (χ0v) is 53.0. The van der Waals surface area contributed by atoms with Gasteiger partial charge in [0.25, 0.3) is 0 Å². The molecule has 0 N–H and O–H groups in total. The number of aryl methyl sites for hydroxylation is 8. The zero-order chi connectivity index (χ0) is 62.3. The maximum Gasteiger partial charge on any atom is 0.647 e. The number of benzene rings is 10. The molecule has 0 saturated carbocycles. The number of phosphoric acid groups is 4. The van der Waals surface area contributed by atoms with Crippen molar-refractivity contribution in [2.24, 2.45) is 0 Å². The van der Waals surface area contributed by atoms with Crippen LogP contribution in [0, 0.1) is 55.4 Å². The van der Waals surface area contributed by atoms with E-state index < -0.39 is 31.3 Å². The van der Waals surface area contributed by atoms with Crippen LogP contribution in [0.1, 0.15) is 44.5 Å². The van der Waals surface area contributed by atoms with E-state index in [0.29, 0.717) is 23.0 Å². The predicted molar refractivity (Wildman–Crippen MR) is 340 cm³/mol. The van der Waals surface area contributed by atoms with Crippen LogP contribution in [-0.2, 0) is 18.3 Å². The largest absolute Gasteiger partial charge is 0.647 e. The molecular weight excluding hydrogens is 1200 g/mol. The first kappa shape index (κ1) is 63.2. The lowest BCUT2D eigenvalue weighted by Crippen LogP contribution is -2.11.